The van der Waals surface area contributed by atoms with Gasteiger partial charge in [-0.15, -0.1) is 0 Å². The van der Waals surface area contributed by atoms with Crippen molar-refractivity contribution in [2.75, 3.05) is 18.5 Å². The molecule has 0 heterocycles. The minimum absolute atomic E-state index is 0.131. The molecule has 5 heteroatoms. The van der Waals surface area contributed by atoms with Crippen molar-refractivity contribution in [3.8, 4) is 5.75 Å². The van der Waals surface area contributed by atoms with Gasteiger partial charge < -0.3 is 14.8 Å². The van der Waals surface area contributed by atoms with Crippen LogP contribution >= 0.6 is 0 Å². The lowest BCUT2D eigenvalue weighted by atomic mass is 10.1. The Kier molecular flexibility index (Phi) is 6.37. The molecule has 0 aromatic heterocycles. The molecule has 0 fully saturated rings. The Bertz CT molecular complexity index is 712. The van der Waals surface area contributed by atoms with E-state index in [1.807, 2.05) is 31.2 Å². The smallest absolute Gasteiger partial charge is 0.340 e. The number of hydrogen-bond acceptors (Lipinski definition) is 4. The Morgan fingerprint density at radius 2 is 1.71 bits per heavy atom. The molecule has 2 rings (SSSR count). The van der Waals surface area contributed by atoms with Gasteiger partial charge in [-0.1, -0.05) is 37.3 Å². The van der Waals surface area contributed by atoms with Crippen LogP contribution < -0.4 is 10.1 Å². The predicted molar refractivity (Wildman–Crippen MR) is 92.3 cm³/mol. The van der Waals surface area contributed by atoms with Crippen molar-refractivity contribution < 1.29 is 19.1 Å². The molecule has 0 atom stereocenters. The van der Waals surface area contributed by atoms with E-state index in [0.717, 1.165) is 12.0 Å². The number of benzene rings is 2. The minimum atomic E-state index is -0.467. The third kappa shape index (κ3) is 4.59. The second-order valence-corrected chi connectivity index (χ2v) is 5.06. The molecule has 1 N–H and O–H groups in total. The average molecular weight is 327 g/mol. The van der Waals surface area contributed by atoms with Gasteiger partial charge in [-0.25, -0.2) is 4.79 Å². The Balaban J connectivity index is 2.01. The van der Waals surface area contributed by atoms with Crippen LogP contribution in [0.2, 0.25) is 0 Å². The summed E-state index contributed by atoms with van der Waals surface area (Å²) in [6, 6.07) is 14.3. The van der Waals surface area contributed by atoms with Crippen LogP contribution in [0.25, 0.3) is 0 Å². The number of ether oxygens (including phenoxy) is 2. The normalized spacial score (nSPS) is 10.1. The molecule has 126 valence electrons. The summed E-state index contributed by atoms with van der Waals surface area (Å²) in [6.07, 6.45) is 0.823. The molecule has 0 spiro atoms. The summed E-state index contributed by atoms with van der Waals surface area (Å²) in [4.78, 5) is 24.0. The zero-order chi connectivity index (χ0) is 17.4. The van der Waals surface area contributed by atoms with Crippen molar-refractivity contribution in [1.82, 2.24) is 0 Å². The van der Waals surface area contributed by atoms with E-state index in [0.29, 0.717) is 17.0 Å². The molecule has 0 bridgehead atoms. The highest BCUT2D eigenvalue weighted by Gasteiger charge is 2.14. The van der Waals surface area contributed by atoms with Gasteiger partial charge in [0.05, 0.1) is 17.9 Å². The Labute approximate surface area is 141 Å². The molecule has 24 heavy (non-hydrogen) atoms. The van der Waals surface area contributed by atoms with Crippen LogP contribution in [0.4, 0.5) is 5.69 Å². The average Bonchev–Trinajstić information content (AvgIpc) is 2.61. The van der Waals surface area contributed by atoms with Crippen molar-refractivity contribution in [1.29, 1.82) is 0 Å². The van der Waals surface area contributed by atoms with E-state index in [9.17, 15) is 9.59 Å². The topological polar surface area (TPSA) is 64.6 Å². The maximum Gasteiger partial charge on any atom is 0.340 e. The van der Waals surface area contributed by atoms with Crippen molar-refractivity contribution in [2.24, 2.45) is 0 Å². The Morgan fingerprint density at radius 3 is 2.46 bits per heavy atom. The van der Waals surface area contributed by atoms with Crippen molar-refractivity contribution in [3.63, 3.8) is 0 Å². The summed E-state index contributed by atoms with van der Waals surface area (Å²) in [7, 11) is 0. The number of carbonyl (C=O) groups excluding carboxylic acids is 2. The van der Waals surface area contributed by atoms with Gasteiger partial charge in [0, 0.05) is 0 Å². The molecule has 5 nitrogen and oxygen atoms in total. The van der Waals surface area contributed by atoms with Crippen LogP contribution in [0.1, 0.15) is 29.8 Å². The molecular weight excluding hydrogens is 306 g/mol. The minimum Gasteiger partial charge on any atom is -0.483 e. The fourth-order valence-corrected chi connectivity index (χ4v) is 2.25. The van der Waals surface area contributed by atoms with Crippen LogP contribution in [0.15, 0.2) is 48.5 Å². The fraction of sp³-hybridized carbons (Fsp3) is 0.263. The monoisotopic (exact) mass is 327 g/mol. The summed E-state index contributed by atoms with van der Waals surface area (Å²) < 4.78 is 10.6. The van der Waals surface area contributed by atoms with E-state index in [4.69, 9.17) is 9.47 Å². The maximum atomic E-state index is 12.1. The third-order valence-corrected chi connectivity index (χ3v) is 3.41. The highest BCUT2D eigenvalue weighted by molar-refractivity contribution is 6.01. The zero-order valence-electron chi connectivity index (χ0n) is 13.9. The molecule has 0 aliphatic rings. The second-order valence-electron chi connectivity index (χ2n) is 5.06. The van der Waals surface area contributed by atoms with Gasteiger partial charge in [0.15, 0.2) is 6.61 Å². The number of para-hydroxylation sites is 2. The SMILES string of the molecule is CCOC(=O)c1ccccc1NC(=O)COc1ccccc1CC. The van der Waals surface area contributed by atoms with Gasteiger partial charge in [-0.3, -0.25) is 4.79 Å². The number of aryl methyl sites for hydroxylation is 1. The van der Waals surface area contributed by atoms with Gasteiger partial charge >= 0.3 is 5.97 Å². The third-order valence-electron chi connectivity index (χ3n) is 3.41. The predicted octanol–water partition coefficient (Wildman–Crippen LogP) is 3.44. The van der Waals surface area contributed by atoms with E-state index in [1.54, 1.807) is 31.2 Å². The Morgan fingerprint density at radius 1 is 1.00 bits per heavy atom. The van der Waals surface area contributed by atoms with Gasteiger partial charge in [0.2, 0.25) is 0 Å². The fourth-order valence-electron chi connectivity index (χ4n) is 2.25. The van der Waals surface area contributed by atoms with E-state index >= 15 is 0 Å². The zero-order valence-corrected chi connectivity index (χ0v) is 13.9. The Hall–Kier alpha value is -2.82. The molecule has 0 aliphatic heterocycles. The molecule has 0 unspecified atom stereocenters. The van der Waals surface area contributed by atoms with Crippen LogP contribution in [0.3, 0.4) is 0 Å². The number of carbonyl (C=O) groups is 2. The molecule has 2 aromatic carbocycles. The van der Waals surface area contributed by atoms with Crippen molar-refractivity contribution in [3.05, 3.63) is 59.7 Å². The summed E-state index contributed by atoms with van der Waals surface area (Å²) in [5.74, 6) is -0.114. The highest BCUT2D eigenvalue weighted by atomic mass is 16.5. The van der Waals surface area contributed by atoms with Crippen LogP contribution in [0, 0.1) is 0 Å². The van der Waals surface area contributed by atoms with Crippen LogP contribution in [-0.2, 0) is 16.0 Å². The lowest BCUT2D eigenvalue weighted by Gasteiger charge is -2.12. The highest BCUT2D eigenvalue weighted by Crippen LogP contribution is 2.19. The first-order valence-corrected chi connectivity index (χ1v) is 7.92. The summed E-state index contributed by atoms with van der Waals surface area (Å²) in [6.45, 7) is 3.90. The first kappa shape index (κ1) is 17.5. The quantitative estimate of drug-likeness (QED) is 0.791. The maximum absolute atomic E-state index is 12.1. The van der Waals surface area contributed by atoms with Crippen LogP contribution in [0.5, 0.6) is 5.75 Å². The number of rotatable bonds is 7. The molecule has 0 saturated heterocycles. The van der Waals surface area contributed by atoms with E-state index < -0.39 is 5.97 Å². The van der Waals surface area contributed by atoms with Crippen molar-refractivity contribution >= 4 is 17.6 Å². The lowest BCUT2D eigenvalue weighted by molar-refractivity contribution is -0.118. The first-order valence-electron chi connectivity index (χ1n) is 7.92. The summed E-state index contributed by atoms with van der Waals surface area (Å²) in [5, 5.41) is 2.69. The van der Waals surface area contributed by atoms with Gasteiger partial charge in [-0.05, 0) is 37.1 Å². The number of hydrogen-bond donors (Lipinski definition) is 1. The molecular formula is C19H21NO4. The van der Waals surface area contributed by atoms with E-state index in [1.165, 1.54) is 0 Å². The van der Waals surface area contributed by atoms with Crippen LogP contribution in [-0.4, -0.2) is 25.1 Å². The molecule has 0 aliphatic carbocycles. The lowest BCUT2D eigenvalue weighted by Crippen LogP contribution is -2.22. The molecule has 0 radical (unpaired) electrons. The first-order chi connectivity index (χ1) is 11.7. The number of nitrogens with one attached hydrogen (secondary N) is 1. The summed E-state index contributed by atoms with van der Waals surface area (Å²) >= 11 is 0. The summed E-state index contributed by atoms with van der Waals surface area (Å²) in [5.41, 5.74) is 1.77. The largest absolute Gasteiger partial charge is 0.483 e. The molecule has 1 amide bonds. The standard InChI is InChI=1S/C19H21NO4/c1-3-14-9-5-8-12-17(14)24-13-18(21)20-16-11-7-6-10-15(16)19(22)23-4-2/h5-12H,3-4,13H2,1-2H3,(H,20,21). The van der Waals surface area contributed by atoms with E-state index in [2.05, 4.69) is 5.32 Å². The van der Waals surface area contributed by atoms with Gasteiger partial charge in [0.25, 0.3) is 5.91 Å². The van der Waals surface area contributed by atoms with Gasteiger partial charge in [-0.2, -0.15) is 0 Å². The second kappa shape index (κ2) is 8.72. The number of anilines is 1. The van der Waals surface area contributed by atoms with Crippen molar-refractivity contribution in [2.45, 2.75) is 20.3 Å². The number of amides is 1. The molecule has 0 saturated carbocycles. The van der Waals surface area contributed by atoms with E-state index in [-0.39, 0.29) is 19.1 Å². The number of esters is 1. The molecule has 2 aromatic rings. The van der Waals surface area contributed by atoms with Gasteiger partial charge in [0.1, 0.15) is 5.75 Å².